The first-order valence-corrected chi connectivity index (χ1v) is 6.54. The lowest BCUT2D eigenvalue weighted by atomic mass is 10.0. The Kier molecular flexibility index (Phi) is 3.99. The summed E-state index contributed by atoms with van der Waals surface area (Å²) < 4.78 is 0. The third-order valence-electron chi connectivity index (χ3n) is 3.60. The molecule has 1 aromatic rings. The van der Waals surface area contributed by atoms with Gasteiger partial charge in [0.1, 0.15) is 5.82 Å². The lowest BCUT2D eigenvalue weighted by molar-refractivity contribution is -0.137. The van der Waals surface area contributed by atoms with Crippen molar-refractivity contribution < 1.29 is 4.79 Å². The highest BCUT2D eigenvalue weighted by Crippen LogP contribution is 2.14. The molecule has 0 atom stereocenters. The lowest BCUT2D eigenvalue weighted by Crippen LogP contribution is -2.58. The van der Waals surface area contributed by atoms with Gasteiger partial charge in [0, 0.05) is 38.6 Å². The lowest BCUT2D eigenvalue weighted by Gasteiger charge is -2.38. The maximum atomic E-state index is 12.3. The van der Waals surface area contributed by atoms with Gasteiger partial charge >= 0.3 is 0 Å². The predicted octanol–water partition coefficient (Wildman–Crippen LogP) is 0.123. The number of hydrogen-bond acceptors (Lipinski definition) is 5. The molecule has 1 aliphatic rings. The summed E-state index contributed by atoms with van der Waals surface area (Å²) in [5, 5.41) is 3.05. The molecule has 1 amide bonds. The van der Waals surface area contributed by atoms with E-state index in [1.807, 2.05) is 25.8 Å². The van der Waals surface area contributed by atoms with E-state index in [0.29, 0.717) is 0 Å². The molecule has 0 aliphatic carbocycles. The van der Waals surface area contributed by atoms with Gasteiger partial charge in [-0.3, -0.25) is 9.78 Å². The fourth-order valence-corrected chi connectivity index (χ4v) is 2.10. The zero-order chi connectivity index (χ0) is 13.9. The van der Waals surface area contributed by atoms with Gasteiger partial charge in [0.15, 0.2) is 0 Å². The van der Waals surface area contributed by atoms with Crippen molar-refractivity contribution in [3.05, 3.63) is 18.6 Å². The molecule has 1 fully saturated rings. The Morgan fingerprint density at radius 1 is 1.26 bits per heavy atom. The topological polar surface area (TPSA) is 61.4 Å². The van der Waals surface area contributed by atoms with Gasteiger partial charge in [-0.1, -0.05) is 0 Å². The average molecular weight is 263 g/mol. The molecule has 2 heterocycles. The molecule has 0 saturated carbocycles. The Bertz CT molecular complexity index is 426. The highest BCUT2D eigenvalue weighted by Gasteiger charge is 2.32. The molecule has 1 aromatic heterocycles. The summed E-state index contributed by atoms with van der Waals surface area (Å²) in [6.45, 7) is 6.85. The van der Waals surface area contributed by atoms with Crippen molar-refractivity contribution in [3.8, 4) is 0 Å². The molecule has 0 unspecified atom stereocenters. The fourth-order valence-electron chi connectivity index (χ4n) is 2.10. The number of rotatable bonds is 3. The summed E-state index contributed by atoms with van der Waals surface area (Å²) >= 11 is 0. The number of hydrogen-bond donors (Lipinski definition) is 1. The third-order valence-corrected chi connectivity index (χ3v) is 3.60. The van der Waals surface area contributed by atoms with Gasteiger partial charge in [-0.25, -0.2) is 4.98 Å². The van der Waals surface area contributed by atoms with Crippen LogP contribution in [0.15, 0.2) is 18.6 Å². The normalized spacial score (nSPS) is 16.6. The SMILES string of the molecule is CNC(C)(C)C(=O)N1CCN(c2cnccn2)CC1. The van der Waals surface area contributed by atoms with Gasteiger partial charge in [0.05, 0.1) is 11.7 Å². The van der Waals surface area contributed by atoms with Crippen molar-refractivity contribution >= 4 is 11.7 Å². The van der Waals surface area contributed by atoms with Crippen molar-refractivity contribution in [2.45, 2.75) is 19.4 Å². The first-order chi connectivity index (χ1) is 9.04. The summed E-state index contributed by atoms with van der Waals surface area (Å²) in [6, 6.07) is 0. The number of likely N-dealkylation sites (N-methyl/N-ethyl adjacent to an activating group) is 1. The van der Waals surface area contributed by atoms with Crippen LogP contribution in [0.2, 0.25) is 0 Å². The Morgan fingerprint density at radius 3 is 2.47 bits per heavy atom. The zero-order valence-corrected chi connectivity index (χ0v) is 11.8. The van der Waals surface area contributed by atoms with Crippen molar-refractivity contribution in [1.29, 1.82) is 0 Å². The highest BCUT2D eigenvalue weighted by molar-refractivity contribution is 5.85. The first kappa shape index (κ1) is 13.7. The van der Waals surface area contributed by atoms with Crippen LogP contribution in [0.1, 0.15) is 13.8 Å². The van der Waals surface area contributed by atoms with Crippen molar-refractivity contribution in [3.63, 3.8) is 0 Å². The number of aromatic nitrogens is 2. The molecule has 1 saturated heterocycles. The van der Waals surface area contributed by atoms with E-state index < -0.39 is 5.54 Å². The van der Waals surface area contributed by atoms with Gasteiger partial charge in [-0.2, -0.15) is 0 Å². The molecule has 6 heteroatoms. The van der Waals surface area contributed by atoms with Crippen molar-refractivity contribution in [2.24, 2.45) is 0 Å². The first-order valence-electron chi connectivity index (χ1n) is 6.54. The quantitative estimate of drug-likeness (QED) is 0.839. The molecule has 104 valence electrons. The largest absolute Gasteiger partial charge is 0.352 e. The van der Waals surface area contributed by atoms with Crippen LogP contribution in [-0.4, -0.2) is 59.5 Å². The fraction of sp³-hybridized carbons (Fsp3) is 0.615. The predicted molar refractivity (Wildman–Crippen MR) is 74.0 cm³/mol. The standard InChI is InChI=1S/C13H21N5O/c1-13(2,14-3)12(19)18-8-6-17(7-9-18)11-10-15-4-5-16-11/h4-5,10,14H,6-9H2,1-3H3. The van der Waals surface area contributed by atoms with E-state index >= 15 is 0 Å². The van der Waals surface area contributed by atoms with Crippen molar-refractivity contribution in [1.82, 2.24) is 20.2 Å². The molecule has 1 N–H and O–H groups in total. The number of carbonyl (C=O) groups is 1. The molecule has 2 rings (SSSR count). The molecular weight excluding hydrogens is 242 g/mol. The van der Waals surface area contributed by atoms with Gasteiger partial charge < -0.3 is 15.1 Å². The van der Waals surface area contributed by atoms with Crippen LogP contribution in [0.3, 0.4) is 0 Å². The Labute approximate surface area is 113 Å². The molecule has 0 aromatic carbocycles. The van der Waals surface area contributed by atoms with E-state index in [1.165, 1.54) is 0 Å². The van der Waals surface area contributed by atoms with Crippen LogP contribution < -0.4 is 10.2 Å². The van der Waals surface area contributed by atoms with Crippen LogP contribution >= 0.6 is 0 Å². The Morgan fingerprint density at radius 2 is 1.95 bits per heavy atom. The second-order valence-corrected chi connectivity index (χ2v) is 5.22. The maximum Gasteiger partial charge on any atom is 0.242 e. The van der Waals surface area contributed by atoms with E-state index in [1.54, 1.807) is 18.6 Å². The third kappa shape index (κ3) is 3.01. The number of piperazine rings is 1. The van der Waals surface area contributed by atoms with Crippen LogP contribution in [-0.2, 0) is 4.79 Å². The molecule has 6 nitrogen and oxygen atoms in total. The van der Waals surface area contributed by atoms with E-state index in [2.05, 4.69) is 20.2 Å². The molecule has 19 heavy (non-hydrogen) atoms. The van der Waals surface area contributed by atoms with E-state index in [4.69, 9.17) is 0 Å². The number of nitrogens with zero attached hydrogens (tertiary/aromatic N) is 4. The second kappa shape index (κ2) is 5.52. The number of carbonyl (C=O) groups excluding carboxylic acids is 1. The van der Waals surface area contributed by atoms with Crippen LogP contribution in [0.4, 0.5) is 5.82 Å². The second-order valence-electron chi connectivity index (χ2n) is 5.22. The zero-order valence-electron chi connectivity index (χ0n) is 11.8. The number of anilines is 1. The van der Waals surface area contributed by atoms with E-state index in [9.17, 15) is 4.79 Å². The smallest absolute Gasteiger partial charge is 0.242 e. The maximum absolute atomic E-state index is 12.3. The molecule has 0 spiro atoms. The molecule has 1 aliphatic heterocycles. The highest BCUT2D eigenvalue weighted by atomic mass is 16.2. The Balaban J connectivity index is 1.95. The Hall–Kier alpha value is -1.69. The van der Waals surface area contributed by atoms with Crippen LogP contribution in [0.5, 0.6) is 0 Å². The minimum Gasteiger partial charge on any atom is -0.352 e. The van der Waals surface area contributed by atoms with Crippen LogP contribution in [0.25, 0.3) is 0 Å². The summed E-state index contributed by atoms with van der Waals surface area (Å²) in [7, 11) is 1.81. The molecular formula is C13H21N5O. The summed E-state index contributed by atoms with van der Waals surface area (Å²) in [5.74, 6) is 1.02. The van der Waals surface area contributed by atoms with Crippen LogP contribution in [0, 0.1) is 0 Å². The van der Waals surface area contributed by atoms with Gasteiger partial charge in [0.2, 0.25) is 5.91 Å². The number of nitrogens with one attached hydrogen (secondary N) is 1. The average Bonchev–Trinajstić information content (AvgIpc) is 2.47. The summed E-state index contributed by atoms with van der Waals surface area (Å²) in [6.07, 6.45) is 5.12. The van der Waals surface area contributed by atoms with E-state index in [-0.39, 0.29) is 5.91 Å². The number of amides is 1. The van der Waals surface area contributed by atoms with E-state index in [0.717, 1.165) is 32.0 Å². The minimum absolute atomic E-state index is 0.147. The van der Waals surface area contributed by atoms with Gasteiger partial charge in [-0.15, -0.1) is 0 Å². The molecule has 0 radical (unpaired) electrons. The van der Waals surface area contributed by atoms with Gasteiger partial charge in [-0.05, 0) is 20.9 Å². The summed E-state index contributed by atoms with van der Waals surface area (Å²) in [4.78, 5) is 24.7. The van der Waals surface area contributed by atoms with Crippen molar-refractivity contribution in [2.75, 3.05) is 38.1 Å². The van der Waals surface area contributed by atoms with Gasteiger partial charge in [0.25, 0.3) is 0 Å². The monoisotopic (exact) mass is 263 g/mol. The minimum atomic E-state index is -0.505. The summed E-state index contributed by atoms with van der Waals surface area (Å²) in [5.41, 5.74) is -0.505. The molecule has 0 bridgehead atoms.